The first-order valence-corrected chi connectivity index (χ1v) is 6.94. The van der Waals surface area contributed by atoms with Gasteiger partial charge >= 0.3 is 5.69 Å². The molecule has 1 aromatic rings. The molecule has 1 atom stereocenters. The standard InChI is InChI=1S/C15H22N2O4/c1-14(2)9-13(15(3,4)21-14)16-10-6-7-11(17(18)19)12(8-10)20-5/h6-8,13,16H,9H2,1-5H3. The molecular weight excluding hydrogens is 272 g/mol. The van der Waals surface area contributed by atoms with E-state index in [0.29, 0.717) is 0 Å². The Kier molecular flexibility index (Phi) is 3.84. The summed E-state index contributed by atoms with van der Waals surface area (Å²) in [6, 6.07) is 4.93. The lowest BCUT2D eigenvalue weighted by atomic mass is 9.94. The van der Waals surface area contributed by atoms with Gasteiger partial charge in [0.2, 0.25) is 0 Å². The summed E-state index contributed by atoms with van der Waals surface area (Å²) in [6.07, 6.45) is 0.860. The second-order valence-corrected chi connectivity index (χ2v) is 6.51. The number of hydrogen-bond acceptors (Lipinski definition) is 5. The minimum absolute atomic E-state index is 0.0367. The molecule has 0 bridgehead atoms. The zero-order valence-corrected chi connectivity index (χ0v) is 13.1. The molecule has 6 nitrogen and oxygen atoms in total. The van der Waals surface area contributed by atoms with Crippen molar-refractivity contribution in [2.45, 2.75) is 51.4 Å². The molecule has 1 aromatic carbocycles. The third kappa shape index (κ3) is 3.26. The minimum Gasteiger partial charge on any atom is -0.490 e. The van der Waals surface area contributed by atoms with Gasteiger partial charge in [0.25, 0.3) is 0 Å². The van der Waals surface area contributed by atoms with E-state index in [-0.39, 0.29) is 28.7 Å². The van der Waals surface area contributed by atoms with Crippen LogP contribution in [-0.4, -0.2) is 29.3 Å². The second-order valence-electron chi connectivity index (χ2n) is 6.51. The highest BCUT2D eigenvalue weighted by Gasteiger charge is 2.45. The largest absolute Gasteiger partial charge is 0.490 e. The van der Waals surface area contributed by atoms with Gasteiger partial charge in [-0.2, -0.15) is 0 Å². The molecule has 0 amide bonds. The van der Waals surface area contributed by atoms with E-state index in [1.54, 1.807) is 12.1 Å². The zero-order chi connectivity index (χ0) is 15.8. The van der Waals surface area contributed by atoms with Crippen molar-refractivity contribution in [2.24, 2.45) is 0 Å². The number of ether oxygens (including phenoxy) is 2. The monoisotopic (exact) mass is 294 g/mol. The molecule has 116 valence electrons. The van der Waals surface area contributed by atoms with Gasteiger partial charge in [-0.3, -0.25) is 10.1 Å². The summed E-state index contributed by atoms with van der Waals surface area (Å²) < 4.78 is 11.1. The first kappa shape index (κ1) is 15.6. The predicted octanol–water partition coefficient (Wildman–Crippen LogP) is 3.36. The zero-order valence-electron chi connectivity index (χ0n) is 13.1. The molecule has 6 heteroatoms. The summed E-state index contributed by atoms with van der Waals surface area (Å²) in [5.74, 6) is 0.251. The Hall–Kier alpha value is -1.82. The SMILES string of the molecule is COc1cc(NC2CC(C)(C)OC2(C)C)ccc1[N+](=O)[O-]. The van der Waals surface area contributed by atoms with Crippen molar-refractivity contribution in [1.29, 1.82) is 0 Å². The molecule has 0 aliphatic carbocycles. The average Bonchev–Trinajstić information content (AvgIpc) is 2.56. The maximum absolute atomic E-state index is 10.9. The lowest BCUT2D eigenvalue weighted by Gasteiger charge is -2.28. The number of hydrogen-bond donors (Lipinski definition) is 1. The molecule has 0 spiro atoms. The summed E-state index contributed by atoms with van der Waals surface area (Å²) >= 11 is 0. The first-order chi connectivity index (χ1) is 9.64. The number of nitro benzene ring substituents is 1. The van der Waals surface area contributed by atoms with Crippen LogP contribution in [0.4, 0.5) is 11.4 Å². The Morgan fingerprint density at radius 2 is 2.05 bits per heavy atom. The lowest BCUT2D eigenvalue weighted by molar-refractivity contribution is -0.385. The molecule has 0 saturated carbocycles. The maximum atomic E-state index is 10.9. The van der Waals surface area contributed by atoms with Gasteiger partial charge in [-0.1, -0.05) is 0 Å². The number of nitro groups is 1. The van der Waals surface area contributed by atoms with Crippen molar-refractivity contribution in [3.8, 4) is 5.75 Å². The molecule has 0 aromatic heterocycles. The number of benzene rings is 1. The van der Waals surface area contributed by atoms with Crippen LogP contribution in [0.1, 0.15) is 34.1 Å². The van der Waals surface area contributed by atoms with E-state index in [0.717, 1.165) is 12.1 Å². The molecule has 21 heavy (non-hydrogen) atoms. The van der Waals surface area contributed by atoms with Crippen molar-refractivity contribution >= 4 is 11.4 Å². The van der Waals surface area contributed by atoms with Gasteiger partial charge in [-0.05, 0) is 40.2 Å². The van der Waals surface area contributed by atoms with Gasteiger partial charge in [0, 0.05) is 17.8 Å². The summed E-state index contributed by atoms with van der Waals surface area (Å²) in [5.41, 5.74) is 0.256. The smallest absolute Gasteiger partial charge is 0.311 e. The van der Waals surface area contributed by atoms with Gasteiger partial charge in [0.1, 0.15) is 0 Å². The fourth-order valence-corrected chi connectivity index (χ4v) is 2.91. The van der Waals surface area contributed by atoms with E-state index in [1.807, 2.05) is 13.8 Å². The van der Waals surface area contributed by atoms with Crippen LogP contribution in [0.3, 0.4) is 0 Å². The molecule has 1 aliphatic heterocycles. The first-order valence-electron chi connectivity index (χ1n) is 6.94. The van der Waals surface area contributed by atoms with Crippen molar-refractivity contribution < 1.29 is 14.4 Å². The topological polar surface area (TPSA) is 73.6 Å². The van der Waals surface area contributed by atoms with Crippen LogP contribution in [0.5, 0.6) is 5.75 Å². The Bertz CT molecular complexity index is 555. The Balaban J connectivity index is 2.23. The summed E-state index contributed by atoms with van der Waals surface area (Å²) in [4.78, 5) is 10.5. The van der Waals surface area contributed by atoms with E-state index in [9.17, 15) is 10.1 Å². The quantitative estimate of drug-likeness (QED) is 0.681. The van der Waals surface area contributed by atoms with Crippen LogP contribution in [-0.2, 0) is 4.74 Å². The molecule has 1 saturated heterocycles. The fraction of sp³-hybridized carbons (Fsp3) is 0.600. The summed E-state index contributed by atoms with van der Waals surface area (Å²) in [5, 5.41) is 14.3. The number of methoxy groups -OCH3 is 1. The normalized spacial score (nSPS) is 22.8. The molecule has 1 N–H and O–H groups in total. The van der Waals surface area contributed by atoms with Crippen molar-refractivity contribution in [3.05, 3.63) is 28.3 Å². The van der Waals surface area contributed by atoms with E-state index in [4.69, 9.17) is 9.47 Å². The highest BCUT2D eigenvalue weighted by molar-refractivity contribution is 5.58. The van der Waals surface area contributed by atoms with Gasteiger partial charge in [0.15, 0.2) is 5.75 Å². The molecule has 1 fully saturated rings. The predicted molar refractivity (Wildman–Crippen MR) is 80.9 cm³/mol. The van der Waals surface area contributed by atoms with Gasteiger partial charge in [-0.15, -0.1) is 0 Å². The number of anilines is 1. The van der Waals surface area contributed by atoms with Crippen molar-refractivity contribution in [2.75, 3.05) is 12.4 Å². The summed E-state index contributed by atoms with van der Waals surface area (Å²) in [7, 11) is 1.43. The van der Waals surface area contributed by atoms with Crippen molar-refractivity contribution in [1.82, 2.24) is 0 Å². The molecular formula is C15H22N2O4. The van der Waals surface area contributed by atoms with E-state index >= 15 is 0 Å². The number of nitrogens with zero attached hydrogens (tertiary/aromatic N) is 1. The highest BCUT2D eigenvalue weighted by atomic mass is 16.6. The maximum Gasteiger partial charge on any atom is 0.311 e. The van der Waals surface area contributed by atoms with Crippen LogP contribution in [0.2, 0.25) is 0 Å². The minimum atomic E-state index is -0.450. The van der Waals surface area contributed by atoms with Gasteiger partial charge in [0.05, 0.1) is 29.3 Å². The van der Waals surface area contributed by atoms with Crippen LogP contribution in [0.15, 0.2) is 18.2 Å². The van der Waals surface area contributed by atoms with E-state index in [2.05, 4.69) is 19.2 Å². The molecule has 1 unspecified atom stereocenters. The molecule has 1 aliphatic rings. The van der Waals surface area contributed by atoms with Crippen molar-refractivity contribution in [3.63, 3.8) is 0 Å². The fourth-order valence-electron chi connectivity index (χ4n) is 2.91. The molecule has 1 heterocycles. The third-order valence-electron chi connectivity index (χ3n) is 3.79. The molecule has 0 radical (unpaired) electrons. The Labute approximate surface area is 124 Å². The number of nitrogens with one attached hydrogen (secondary N) is 1. The van der Waals surface area contributed by atoms with Crippen LogP contribution < -0.4 is 10.1 Å². The van der Waals surface area contributed by atoms with Crippen LogP contribution in [0.25, 0.3) is 0 Å². The molecule has 2 rings (SSSR count). The Morgan fingerprint density at radius 1 is 1.38 bits per heavy atom. The number of rotatable bonds is 4. The van der Waals surface area contributed by atoms with Crippen LogP contribution >= 0.6 is 0 Å². The van der Waals surface area contributed by atoms with E-state index in [1.165, 1.54) is 13.2 Å². The second kappa shape index (κ2) is 5.18. The summed E-state index contributed by atoms with van der Waals surface area (Å²) in [6.45, 7) is 8.21. The van der Waals surface area contributed by atoms with Gasteiger partial charge < -0.3 is 14.8 Å². The Morgan fingerprint density at radius 3 is 2.52 bits per heavy atom. The van der Waals surface area contributed by atoms with Crippen LogP contribution in [0, 0.1) is 10.1 Å². The average molecular weight is 294 g/mol. The third-order valence-corrected chi connectivity index (χ3v) is 3.79. The lowest BCUT2D eigenvalue weighted by Crippen LogP contribution is -2.38. The van der Waals surface area contributed by atoms with E-state index < -0.39 is 4.92 Å². The highest BCUT2D eigenvalue weighted by Crippen LogP contribution is 2.39. The van der Waals surface area contributed by atoms with Gasteiger partial charge in [-0.25, -0.2) is 0 Å².